The van der Waals surface area contributed by atoms with E-state index < -0.39 is 0 Å². The first-order valence-electron chi connectivity index (χ1n) is 7.24. The number of hydrogen-bond donors (Lipinski definition) is 0. The summed E-state index contributed by atoms with van der Waals surface area (Å²) in [6.45, 7) is 0.0796. The zero-order valence-electron chi connectivity index (χ0n) is 12.7. The minimum absolute atomic E-state index is 0.0796. The maximum absolute atomic E-state index is 13.5. The van der Waals surface area contributed by atoms with Gasteiger partial charge in [0.15, 0.2) is 0 Å². The Kier molecular flexibility index (Phi) is 4.52. The van der Waals surface area contributed by atoms with Crippen molar-refractivity contribution in [1.82, 2.24) is 0 Å². The molecule has 0 aromatic heterocycles. The summed E-state index contributed by atoms with van der Waals surface area (Å²) in [4.78, 5) is 5.23. The molecule has 0 aliphatic heterocycles. The molecule has 3 nitrogen and oxygen atoms in total. The van der Waals surface area contributed by atoms with Crippen LogP contribution in [0.2, 0.25) is 0 Å². The third-order valence-electron chi connectivity index (χ3n) is 3.58. The van der Waals surface area contributed by atoms with Gasteiger partial charge in [-0.15, -0.1) is 0 Å². The van der Waals surface area contributed by atoms with E-state index in [1.165, 1.54) is 6.07 Å². The average Bonchev–Trinajstić information content (AvgIpc) is 2.60. The first-order valence-corrected chi connectivity index (χ1v) is 7.24. The summed E-state index contributed by atoms with van der Waals surface area (Å²) < 4.78 is 18.9. The van der Waals surface area contributed by atoms with E-state index in [9.17, 15) is 4.39 Å². The normalized spacial score (nSPS) is 11.0. The summed E-state index contributed by atoms with van der Waals surface area (Å²) in [6.07, 6.45) is 1.60. The highest BCUT2D eigenvalue weighted by molar-refractivity contribution is 6.02. The van der Waals surface area contributed by atoms with E-state index in [1.807, 2.05) is 36.4 Å². The molecule has 0 bridgehead atoms. The average molecular weight is 309 g/mol. The Labute approximate surface area is 134 Å². The number of halogens is 1. The number of ether oxygens (including phenoxy) is 1. The van der Waals surface area contributed by atoms with Gasteiger partial charge in [-0.3, -0.25) is 0 Å². The molecule has 4 heteroatoms. The topological polar surface area (TPSA) is 30.8 Å². The second-order valence-corrected chi connectivity index (χ2v) is 5.00. The Morgan fingerprint density at radius 2 is 1.78 bits per heavy atom. The molecule has 116 valence electrons. The van der Waals surface area contributed by atoms with E-state index in [0.29, 0.717) is 11.3 Å². The molecule has 0 N–H and O–H groups in total. The molecular formula is C19H16FNO2. The lowest BCUT2D eigenvalue weighted by Gasteiger charge is -2.08. The van der Waals surface area contributed by atoms with Crippen LogP contribution in [0.25, 0.3) is 10.8 Å². The van der Waals surface area contributed by atoms with Crippen molar-refractivity contribution in [2.45, 2.75) is 6.61 Å². The van der Waals surface area contributed by atoms with Gasteiger partial charge in [-0.25, -0.2) is 4.39 Å². The van der Waals surface area contributed by atoms with Crippen LogP contribution in [0.1, 0.15) is 11.1 Å². The lowest BCUT2D eigenvalue weighted by molar-refractivity contribution is 0.129. The number of oxime groups is 1. The lowest BCUT2D eigenvalue weighted by atomic mass is 10.0. The number of hydrogen-bond acceptors (Lipinski definition) is 3. The van der Waals surface area contributed by atoms with Gasteiger partial charge in [-0.1, -0.05) is 53.7 Å². The molecule has 0 heterocycles. The lowest BCUT2D eigenvalue weighted by Crippen LogP contribution is -1.95. The highest BCUT2D eigenvalue weighted by Gasteiger charge is 2.06. The molecule has 0 atom stereocenters. The van der Waals surface area contributed by atoms with Gasteiger partial charge in [0.2, 0.25) is 0 Å². The van der Waals surface area contributed by atoms with Crippen molar-refractivity contribution in [3.63, 3.8) is 0 Å². The van der Waals surface area contributed by atoms with Gasteiger partial charge in [0.1, 0.15) is 18.2 Å². The summed E-state index contributed by atoms with van der Waals surface area (Å²) in [5.74, 6) is 0.410. The number of fused-ring (bicyclic) bond motifs is 1. The van der Waals surface area contributed by atoms with Crippen LogP contribution < -0.4 is 4.74 Å². The van der Waals surface area contributed by atoms with Crippen molar-refractivity contribution >= 4 is 17.0 Å². The maximum Gasteiger partial charge on any atom is 0.145 e. The number of rotatable bonds is 5. The first kappa shape index (κ1) is 15.0. The maximum atomic E-state index is 13.5. The van der Waals surface area contributed by atoms with Crippen LogP contribution in [0.15, 0.2) is 65.8 Å². The molecule has 0 saturated heterocycles. The zero-order chi connectivity index (χ0) is 16.1. The summed E-state index contributed by atoms with van der Waals surface area (Å²) in [5.41, 5.74) is 1.30. The quantitative estimate of drug-likeness (QED) is 0.512. The fourth-order valence-corrected chi connectivity index (χ4v) is 2.40. The molecular weight excluding hydrogens is 293 g/mol. The molecule has 0 aliphatic rings. The number of methoxy groups -OCH3 is 1. The SMILES string of the molecule is COc1ccc2ccccc2c1/C=N/OCc1ccccc1F. The Balaban J connectivity index is 1.82. The highest BCUT2D eigenvalue weighted by Crippen LogP contribution is 2.26. The van der Waals surface area contributed by atoms with Crippen molar-refractivity contribution in [2.24, 2.45) is 5.16 Å². The van der Waals surface area contributed by atoms with Crippen LogP contribution in [0.5, 0.6) is 5.75 Å². The molecule has 0 spiro atoms. The van der Waals surface area contributed by atoms with Gasteiger partial charge in [0.25, 0.3) is 0 Å². The first-order chi connectivity index (χ1) is 11.3. The summed E-state index contributed by atoms with van der Waals surface area (Å²) in [7, 11) is 1.61. The molecule has 0 aliphatic carbocycles. The van der Waals surface area contributed by atoms with Crippen molar-refractivity contribution in [1.29, 1.82) is 0 Å². The Hall–Kier alpha value is -2.88. The van der Waals surface area contributed by atoms with E-state index in [2.05, 4.69) is 5.16 Å². The summed E-state index contributed by atoms with van der Waals surface area (Å²) in [6, 6.07) is 18.3. The zero-order valence-corrected chi connectivity index (χ0v) is 12.7. The summed E-state index contributed by atoms with van der Waals surface area (Å²) in [5, 5.41) is 6.07. The monoisotopic (exact) mass is 309 g/mol. The van der Waals surface area contributed by atoms with Gasteiger partial charge in [0, 0.05) is 11.1 Å². The molecule has 0 saturated carbocycles. The van der Waals surface area contributed by atoms with Crippen molar-refractivity contribution in [2.75, 3.05) is 7.11 Å². The van der Waals surface area contributed by atoms with E-state index in [1.54, 1.807) is 31.5 Å². The molecule has 3 rings (SSSR count). The largest absolute Gasteiger partial charge is 0.496 e. The Morgan fingerprint density at radius 1 is 1.00 bits per heavy atom. The van der Waals surface area contributed by atoms with Crippen LogP contribution in [0.3, 0.4) is 0 Å². The fraction of sp³-hybridized carbons (Fsp3) is 0.105. The van der Waals surface area contributed by atoms with Crippen molar-refractivity contribution in [3.8, 4) is 5.75 Å². The molecule has 0 fully saturated rings. The van der Waals surface area contributed by atoms with Gasteiger partial charge in [-0.2, -0.15) is 0 Å². The predicted molar refractivity (Wildman–Crippen MR) is 89.3 cm³/mol. The molecule has 0 amide bonds. The standard InChI is InChI=1S/C19H16FNO2/c1-22-19-11-10-14-6-2-4-8-16(14)17(19)12-21-23-13-15-7-3-5-9-18(15)20/h2-12H,13H2,1H3/b21-12+. The molecule has 0 unspecified atom stereocenters. The van der Waals surface area contributed by atoms with E-state index in [-0.39, 0.29) is 12.4 Å². The van der Waals surface area contributed by atoms with E-state index in [0.717, 1.165) is 16.3 Å². The minimum Gasteiger partial charge on any atom is -0.496 e. The van der Waals surface area contributed by atoms with Crippen LogP contribution in [-0.2, 0) is 11.4 Å². The van der Waals surface area contributed by atoms with Crippen molar-refractivity contribution < 1.29 is 14.0 Å². The Morgan fingerprint density at radius 3 is 2.61 bits per heavy atom. The Bertz CT molecular complexity index is 846. The van der Waals surface area contributed by atoms with Crippen LogP contribution in [-0.4, -0.2) is 13.3 Å². The van der Waals surface area contributed by atoms with Gasteiger partial charge in [-0.05, 0) is 22.9 Å². The van der Waals surface area contributed by atoms with Gasteiger partial charge < -0.3 is 9.57 Å². The fourth-order valence-electron chi connectivity index (χ4n) is 2.40. The molecule has 3 aromatic carbocycles. The van der Waals surface area contributed by atoms with Crippen molar-refractivity contribution in [3.05, 3.63) is 77.6 Å². The molecule has 3 aromatic rings. The van der Waals surface area contributed by atoms with Gasteiger partial charge in [0.05, 0.1) is 13.3 Å². The van der Waals surface area contributed by atoms with E-state index >= 15 is 0 Å². The summed E-state index contributed by atoms with van der Waals surface area (Å²) >= 11 is 0. The second kappa shape index (κ2) is 6.92. The van der Waals surface area contributed by atoms with Crippen LogP contribution >= 0.6 is 0 Å². The number of nitrogens with zero attached hydrogens (tertiary/aromatic N) is 1. The third-order valence-corrected chi connectivity index (χ3v) is 3.58. The van der Waals surface area contributed by atoms with Gasteiger partial charge >= 0.3 is 0 Å². The minimum atomic E-state index is -0.301. The smallest absolute Gasteiger partial charge is 0.145 e. The van der Waals surface area contributed by atoms with Crippen LogP contribution in [0, 0.1) is 5.82 Å². The molecule has 23 heavy (non-hydrogen) atoms. The highest BCUT2D eigenvalue weighted by atomic mass is 19.1. The van der Waals surface area contributed by atoms with E-state index in [4.69, 9.17) is 9.57 Å². The number of benzene rings is 3. The van der Waals surface area contributed by atoms with Crippen LogP contribution in [0.4, 0.5) is 4.39 Å². The predicted octanol–water partition coefficient (Wildman–Crippen LogP) is 4.54. The third kappa shape index (κ3) is 3.31. The molecule has 0 radical (unpaired) electrons. The second-order valence-electron chi connectivity index (χ2n) is 5.00.